The number of nitrogens with one attached hydrogen (secondary N) is 3. The maximum absolute atomic E-state index is 13.0. The summed E-state index contributed by atoms with van der Waals surface area (Å²) in [5.74, 6) is -0.0572. The lowest BCUT2D eigenvalue weighted by molar-refractivity contribution is -0.140. The molecule has 0 saturated carbocycles. The molecule has 4 amide bonds. The summed E-state index contributed by atoms with van der Waals surface area (Å²) in [6.07, 6.45) is -0.792. The third kappa shape index (κ3) is 4.36. The second-order valence-electron chi connectivity index (χ2n) is 8.04. The second kappa shape index (κ2) is 8.93. The van der Waals surface area contributed by atoms with Gasteiger partial charge in [-0.25, -0.2) is 4.79 Å². The van der Waals surface area contributed by atoms with E-state index in [4.69, 9.17) is 4.52 Å². The van der Waals surface area contributed by atoms with Crippen molar-refractivity contribution >= 4 is 35.4 Å². The van der Waals surface area contributed by atoms with Gasteiger partial charge in [-0.1, -0.05) is 35.0 Å². The largest absolute Gasteiger partial charge is 0.360 e. The molecular weight excluding hydrogens is 432 g/mol. The van der Waals surface area contributed by atoms with Crippen LogP contribution in [0.5, 0.6) is 0 Å². The van der Waals surface area contributed by atoms with Gasteiger partial charge in [0, 0.05) is 20.2 Å². The number of thioether (sulfide) groups is 1. The molecule has 10 nitrogen and oxygen atoms in total. The lowest BCUT2D eigenvalue weighted by Crippen LogP contribution is -2.72. The van der Waals surface area contributed by atoms with Crippen molar-refractivity contribution < 1.29 is 18.9 Å². The zero-order valence-electron chi connectivity index (χ0n) is 18.3. The van der Waals surface area contributed by atoms with Gasteiger partial charge in [-0.15, -0.1) is 11.8 Å². The van der Waals surface area contributed by atoms with Crippen LogP contribution in [0.25, 0.3) is 0 Å². The maximum Gasteiger partial charge on any atom is 0.327 e. The molecule has 4 atom stereocenters. The molecule has 4 rings (SSSR count). The van der Waals surface area contributed by atoms with Gasteiger partial charge in [0.1, 0.15) is 5.76 Å². The van der Waals surface area contributed by atoms with E-state index in [2.05, 4.69) is 21.1 Å². The summed E-state index contributed by atoms with van der Waals surface area (Å²) in [5, 5.41) is 12.9. The van der Waals surface area contributed by atoms with E-state index < -0.39 is 17.5 Å². The molecule has 32 heavy (non-hydrogen) atoms. The highest BCUT2D eigenvalue weighted by Crippen LogP contribution is 2.34. The predicted octanol–water partition coefficient (Wildman–Crippen LogP) is 1.65. The van der Waals surface area contributed by atoms with E-state index >= 15 is 0 Å². The minimum atomic E-state index is -0.559. The highest BCUT2D eigenvalue weighted by Gasteiger charge is 2.51. The van der Waals surface area contributed by atoms with E-state index in [1.807, 2.05) is 31.2 Å². The fourth-order valence-electron chi connectivity index (χ4n) is 3.92. The number of amides is 4. The Hall–Kier alpha value is -2.89. The molecule has 2 aromatic rings. The second-order valence-corrected chi connectivity index (χ2v) is 9.17. The third-order valence-electron chi connectivity index (χ3n) is 5.66. The van der Waals surface area contributed by atoms with E-state index in [9.17, 15) is 14.4 Å². The van der Waals surface area contributed by atoms with Gasteiger partial charge in [0.25, 0.3) is 0 Å². The lowest BCUT2D eigenvalue weighted by Gasteiger charge is -2.50. The molecule has 2 aliphatic rings. The lowest BCUT2D eigenvalue weighted by atomic mass is 9.96. The van der Waals surface area contributed by atoms with Crippen LogP contribution in [0.3, 0.4) is 0 Å². The first-order valence-electron chi connectivity index (χ1n) is 10.2. The Kier molecular flexibility index (Phi) is 6.22. The molecule has 2 fully saturated rings. The van der Waals surface area contributed by atoms with Crippen LogP contribution in [0.4, 0.5) is 10.6 Å². The van der Waals surface area contributed by atoms with Gasteiger partial charge in [-0.3, -0.25) is 25.1 Å². The maximum atomic E-state index is 13.0. The molecule has 170 valence electrons. The van der Waals surface area contributed by atoms with Crippen LogP contribution in [0.2, 0.25) is 0 Å². The van der Waals surface area contributed by atoms with Crippen LogP contribution < -0.4 is 16.0 Å². The van der Waals surface area contributed by atoms with Gasteiger partial charge < -0.3 is 14.7 Å². The summed E-state index contributed by atoms with van der Waals surface area (Å²) in [4.78, 5) is 40.7. The van der Waals surface area contributed by atoms with Crippen LogP contribution in [0.15, 0.2) is 34.9 Å². The minimum absolute atomic E-state index is 0.0993. The number of fused-ring (bicyclic) bond motifs is 1. The number of hydrogen-bond acceptors (Lipinski definition) is 8. The molecule has 1 aromatic carbocycles. The molecule has 2 saturated heterocycles. The number of carbonyl (C=O) groups excluding carboxylic acids is 3. The normalized spacial score (nSPS) is 25.6. The number of aromatic nitrogens is 1. The molecule has 11 heteroatoms. The van der Waals surface area contributed by atoms with Crippen molar-refractivity contribution in [1.82, 2.24) is 25.6 Å². The van der Waals surface area contributed by atoms with Gasteiger partial charge in [-0.05, 0) is 19.4 Å². The van der Waals surface area contributed by atoms with E-state index in [0.29, 0.717) is 11.6 Å². The quantitative estimate of drug-likeness (QED) is 0.619. The standard InChI is InChI=1S/C21H26N6O4S/c1-11-5-7-13(8-6-11)17-23-18-16(20(29)27(4)21(30)26(18)3)19(24-17)32-10-15(28)22-14-9-12(2)31-25-14/h5-9,16-19,23-24H,10H2,1-4H3,(H,22,25,28). The zero-order chi connectivity index (χ0) is 23.0. The smallest absolute Gasteiger partial charge is 0.327 e. The number of aryl methyl sites for hydroxylation is 2. The Morgan fingerprint density at radius 3 is 2.56 bits per heavy atom. The topological polar surface area (TPSA) is 120 Å². The average molecular weight is 459 g/mol. The molecule has 3 heterocycles. The number of imide groups is 1. The summed E-state index contributed by atoms with van der Waals surface area (Å²) in [7, 11) is 3.15. The van der Waals surface area contributed by atoms with Crippen molar-refractivity contribution in [2.75, 3.05) is 25.2 Å². The van der Waals surface area contributed by atoms with Crippen LogP contribution in [0.1, 0.15) is 23.1 Å². The Labute approximate surface area is 190 Å². The van der Waals surface area contributed by atoms with E-state index in [-0.39, 0.29) is 29.8 Å². The van der Waals surface area contributed by atoms with Crippen molar-refractivity contribution in [2.24, 2.45) is 5.92 Å². The molecule has 0 bridgehead atoms. The van der Waals surface area contributed by atoms with E-state index in [0.717, 1.165) is 16.0 Å². The Morgan fingerprint density at radius 1 is 1.19 bits per heavy atom. The molecule has 4 unspecified atom stereocenters. The molecular formula is C21H26N6O4S. The molecule has 2 aliphatic heterocycles. The van der Waals surface area contributed by atoms with Gasteiger partial charge >= 0.3 is 6.03 Å². The zero-order valence-corrected chi connectivity index (χ0v) is 19.1. The monoisotopic (exact) mass is 458 g/mol. The van der Waals surface area contributed by atoms with Crippen LogP contribution in [0, 0.1) is 19.8 Å². The van der Waals surface area contributed by atoms with E-state index in [1.165, 1.54) is 18.8 Å². The van der Waals surface area contributed by atoms with Crippen molar-refractivity contribution in [3.8, 4) is 0 Å². The first-order valence-corrected chi connectivity index (χ1v) is 11.3. The first-order chi connectivity index (χ1) is 15.2. The number of anilines is 1. The number of nitrogens with zero attached hydrogens (tertiary/aromatic N) is 3. The SMILES string of the molecule is Cc1ccc(C2NC(SCC(=O)Nc3cc(C)on3)C3C(=O)N(C)C(=O)N(C)C3N2)cc1. The van der Waals surface area contributed by atoms with Crippen LogP contribution in [-0.2, 0) is 9.59 Å². The summed E-state index contributed by atoms with van der Waals surface area (Å²) in [5.41, 5.74) is 2.12. The number of benzene rings is 1. The molecule has 3 N–H and O–H groups in total. The third-order valence-corrected chi connectivity index (χ3v) is 6.87. The average Bonchev–Trinajstić information content (AvgIpc) is 3.19. The van der Waals surface area contributed by atoms with Gasteiger partial charge in [0.2, 0.25) is 11.8 Å². The van der Waals surface area contributed by atoms with E-state index in [1.54, 1.807) is 24.9 Å². The fourth-order valence-corrected chi connectivity index (χ4v) is 5.03. The molecule has 0 aliphatic carbocycles. The fraction of sp³-hybridized carbons (Fsp3) is 0.429. The number of urea groups is 1. The summed E-state index contributed by atoms with van der Waals surface area (Å²) in [6.45, 7) is 3.75. The summed E-state index contributed by atoms with van der Waals surface area (Å²) >= 11 is 1.32. The molecule has 0 spiro atoms. The first kappa shape index (κ1) is 22.3. The summed E-state index contributed by atoms with van der Waals surface area (Å²) in [6, 6.07) is 9.29. The Bertz CT molecular complexity index is 1030. The molecule has 1 aromatic heterocycles. The van der Waals surface area contributed by atoms with Gasteiger partial charge in [0.05, 0.1) is 29.4 Å². The van der Waals surface area contributed by atoms with Crippen molar-refractivity contribution in [3.63, 3.8) is 0 Å². The number of hydrogen-bond donors (Lipinski definition) is 3. The molecule has 0 radical (unpaired) electrons. The number of rotatable bonds is 5. The van der Waals surface area contributed by atoms with Crippen LogP contribution in [-0.4, -0.2) is 64.2 Å². The highest BCUT2D eigenvalue weighted by atomic mass is 32.2. The van der Waals surface area contributed by atoms with Crippen LogP contribution >= 0.6 is 11.8 Å². The predicted molar refractivity (Wildman–Crippen MR) is 120 cm³/mol. The number of carbonyl (C=O) groups is 3. The Morgan fingerprint density at radius 2 is 1.91 bits per heavy atom. The summed E-state index contributed by atoms with van der Waals surface area (Å²) < 4.78 is 4.97. The Balaban J connectivity index is 1.53. The minimum Gasteiger partial charge on any atom is -0.360 e. The highest BCUT2D eigenvalue weighted by molar-refractivity contribution is 8.00. The van der Waals surface area contributed by atoms with Gasteiger partial charge in [0.15, 0.2) is 5.82 Å². The van der Waals surface area contributed by atoms with Crippen molar-refractivity contribution in [1.29, 1.82) is 0 Å². The van der Waals surface area contributed by atoms with Crippen molar-refractivity contribution in [2.45, 2.75) is 31.6 Å². The van der Waals surface area contributed by atoms with Gasteiger partial charge in [-0.2, -0.15) is 0 Å². The van der Waals surface area contributed by atoms with Crippen molar-refractivity contribution in [3.05, 3.63) is 47.2 Å².